The van der Waals surface area contributed by atoms with Crippen molar-refractivity contribution in [2.75, 3.05) is 6.61 Å². The third-order valence-electron chi connectivity index (χ3n) is 13.9. The number of carbonyl (C=O) groups excluding carboxylic acids is 4. The summed E-state index contributed by atoms with van der Waals surface area (Å²) in [5.74, 6) is -5.68. The molecule has 0 aromatic carbocycles. The van der Waals surface area contributed by atoms with Gasteiger partial charge in [-0.1, -0.05) is 27.7 Å². The lowest BCUT2D eigenvalue weighted by atomic mass is 9.33. The van der Waals surface area contributed by atoms with E-state index in [0.29, 0.717) is 12.8 Å². The van der Waals surface area contributed by atoms with Crippen molar-refractivity contribution in [2.24, 2.45) is 39.4 Å². The van der Waals surface area contributed by atoms with Crippen LogP contribution in [0.1, 0.15) is 79.2 Å². The molecule has 13 nitrogen and oxygen atoms in total. The maximum absolute atomic E-state index is 15.0. The predicted molar refractivity (Wildman–Crippen MR) is 161 cm³/mol. The lowest BCUT2D eigenvalue weighted by Crippen LogP contribution is -2.84. The van der Waals surface area contributed by atoms with Crippen LogP contribution in [0.2, 0.25) is 0 Å². The quantitative estimate of drug-likeness (QED) is 0.226. The van der Waals surface area contributed by atoms with Crippen LogP contribution < -0.4 is 0 Å². The van der Waals surface area contributed by atoms with Crippen molar-refractivity contribution >= 4 is 23.7 Å². The van der Waals surface area contributed by atoms with Crippen LogP contribution in [0.25, 0.3) is 0 Å². The number of rotatable bonds is 6. The van der Waals surface area contributed by atoms with E-state index in [-0.39, 0.29) is 18.9 Å². The Morgan fingerprint density at radius 3 is 2.31 bits per heavy atom. The number of furan rings is 1. The van der Waals surface area contributed by atoms with Crippen molar-refractivity contribution in [2.45, 2.75) is 122 Å². The van der Waals surface area contributed by atoms with Crippen LogP contribution in [0.5, 0.6) is 0 Å². The third kappa shape index (κ3) is 3.74. The van der Waals surface area contributed by atoms with Crippen LogP contribution in [0.3, 0.4) is 0 Å². The minimum Gasteiger partial charge on any atom is -0.472 e. The minimum absolute atomic E-state index is 0.0283. The maximum Gasteiger partial charge on any atom is 0.310 e. The number of ether oxygens (including phenoxy) is 5. The van der Waals surface area contributed by atoms with Crippen LogP contribution in [0.4, 0.5) is 0 Å². The third-order valence-corrected chi connectivity index (χ3v) is 13.9. The molecular weight excluding hydrogens is 628 g/mol. The smallest absolute Gasteiger partial charge is 0.310 e. The van der Waals surface area contributed by atoms with Crippen LogP contribution >= 0.6 is 0 Å². The summed E-state index contributed by atoms with van der Waals surface area (Å²) in [6.07, 6.45) is -5.09. The van der Waals surface area contributed by atoms with Gasteiger partial charge in [-0.2, -0.15) is 0 Å². The maximum atomic E-state index is 15.0. The van der Waals surface area contributed by atoms with E-state index in [9.17, 15) is 29.7 Å². The minimum atomic E-state index is -1.66. The number of hydrogen-bond acceptors (Lipinski definition) is 13. The molecule has 4 saturated carbocycles. The monoisotopic (exact) mass is 674 g/mol. The number of epoxide rings is 1. The molecule has 6 fully saturated rings. The first-order valence-corrected chi connectivity index (χ1v) is 16.9. The summed E-state index contributed by atoms with van der Waals surface area (Å²) in [6, 6.07) is 1.80. The fraction of sp³-hybridized carbons (Fsp3) is 0.771. The Hall–Kier alpha value is -2.84. The zero-order chi connectivity index (χ0) is 34.9. The van der Waals surface area contributed by atoms with Crippen molar-refractivity contribution in [3.05, 3.63) is 24.2 Å². The Morgan fingerprint density at radius 2 is 1.71 bits per heavy atom. The molecule has 4 aliphatic carbocycles. The van der Waals surface area contributed by atoms with E-state index in [0.717, 1.165) is 12.5 Å². The van der Waals surface area contributed by atoms with Crippen molar-refractivity contribution in [3.63, 3.8) is 0 Å². The van der Waals surface area contributed by atoms with Gasteiger partial charge in [0.15, 0.2) is 18.0 Å². The molecule has 2 saturated heterocycles. The summed E-state index contributed by atoms with van der Waals surface area (Å²) in [6.45, 7) is 10.8. The molecule has 264 valence electrons. The summed E-state index contributed by atoms with van der Waals surface area (Å²) in [4.78, 5) is 53.5. The second kappa shape index (κ2) is 10.6. The predicted octanol–water partition coefficient (Wildman–Crippen LogP) is 2.03. The molecule has 0 amide bonds. The molecule has 1 aromatic heterocycles. The number of fused-ring (bicyclic) bond motifs is 1. The lowest BCUT2D eigenvalue weighted by molar-refractivity contribution is -0.391. The van der Waals surface area contributed by atoms with E-state index in [4.69, 9.17) is 28.1 Å². The number of aliphatic hydroxyl groups is 3. The molecule has 2 aliphatic heterocycles. The van der Waals surface area contributed by atoms with Crippen LogP contribution in [-0.4, -0.2) is 94.1 Å². The fourth-order valence-corrected chi connectivity index (χ4v) is 11.6. The Balaban J connectivity index is 1.42. The first kappa shape index (κ1) is 33.6. The van der Waals surface area contributed by atoms with Gasteiger partial charge < -0.3 is 43.4 Å². The highest BCUT2D eigenvalue weighted by molar-refractivity contribution is 5.91. The van der Waals surface area contributed by atoms with Gasteiger partial charge in [0.25, 0.3) is 0 Å². The molecule has 3 N–H and O–H groups in total. The Labute approximate surface area is 278 Å². The lowest BCUT2D eigenvalue weighted by Gasteiger charge is -2.73. The SMILES string of the molecule is CCC(C)C(=O)OC1OC[C@@]23[C@H]4C(=O)[C@@H](O)[C@@]5(C)[C@H](c6ccoc6)C[C@H]6O[C@]65[C@]4(C)[C@H](O)C[C@H]2[C@]1(C)[C@H](OC(C)=O)[C@H](OC(C)=O)[C@@H]3O. The summed E-state index contributed by atoms with van der Waals surface area (Å²) >= 11 is 0. The van der Waals surface area contributed by atoms with Crippen LogP contribution in [0, 0.1) is 39.4 Å². The Kier molecular flexibility index (Phi) is 7.42. The Morgan fingerprint density at radius 1 is 1.02 bits per heavy atom. The van der Waals surface area contributed by atoms with E-state index < -0.39 is 112 Å². The molecule has 2 bridgehead atoms. The number of hydrogen-bond donors (Lipinski definition) is 3. The number of ketones is 1. The van der Waals surface area contributed by atoms with Gasteiger partial charge in [0, 0.05) is 41.9 Å². The molecule has 1 spiro atoms. The Bertz CT molecular complexity index is 1530. The average Bonchev–Trinajstić information content (AvgIpc) is 3.39. The standard InChI is InChI=1S/C35H46O13/c1-8-15(2)29(42)47-30-31(5)20-12-21(38)33(7)25(34(20,14-44-30)27(41)24(45-16(3)36)28(31)46-17(4)37)23(39)26(40)32(6)19(18-9-10-43-13-18)11-22-35(32,33)48-22/h9-10,13,15,19-22,24-28,30,38,40-41H,8,11-12,14H2,1-7H3/t15?,19-,20-,21+,22+,24+,25-,26+,27-,28+,30?,31+,32+,33+,34-,35+/m0/s1. The van der Waals surface area contributed by atoms with E-state index in [1.807, 2.05) is 13.8 Å². The van der Waals surface area contributed by atoms with Crippen molar-refractivity contribution in [1.29, 1.82) is 0 Å². The average molecular weight is 675 g/mol. The van der Waals surface area contributed by atoms with Gasteiger partial charge in [-0.05, 0) is 43.7 Å². The summed E-state index contributed by atoms with van der Waals surface area (Å²) in [7, 11) is 0. The molecule has 48 heavy (non-hydrogen) atoms. The molecule has 13 heteroatoms. The highest BCUT2D eigenvalue weighted by Gasteiger charge is 2.92. The molecule has 2 unspecified atom stereocenters. The molecule has 7 rings (SSSR count). The number of carbonyl (C=O) groups is 4. The summed E-state index contributed by atoms with van der Waals surface area (Å²) in [5, 5.41) is 37.2. The highest BCUT2D eigenvalue weighted by atomic mass is 16.7. The van der Waals surface area contributed by atoms with Gasteiger partial charge in [0.2, 0.25) is 6.29 Å². The molecule has 6 aliphatic rings. The molecule has 3 heterocycles. The van der Waals surface area contributed by atoms with E-state index in [2.05, 4.69) is 0 Å². The molecular formula is C35H46O13. The second-order valence-electron chi connectivity index (χ2n) is 15.7. The van der Waals surface area contributed by atoms with E-state index in [1.54, 1.807) is 33.1 Å². The van der Waals surface area contributed by atoms with Gasteiger partial charge in [0.1, 0.15) is 17.8 Å². The topological polar surface area (TPSA) is 192 Å². The van der Waals surface area contributed by atoms with Crippen LogP contribution in [-0.2, 0) is 42.9 Å². The first-order valence-electron chi connectivity index (χ1n) is 16.9. The van der Waals surface area contributed by atoms with Crippen molar-refractivity contribution in [1.82, 2.24) is 0 Å². The largest absolute Gasteiger partial charge is 0.472 e. The van der Waals surface area contributed by atoms with E-state index in [1.165, 1.54) is 13.2 Å². The highest BCUT2D eigenvalue weighted by Crippen LogP contribution is 2.82. The number of Topliss-reactive ketones (excluding diaryl/α,β-unsaturated/α-hetero) is 1. The van der Waals surface area contributed by atoms with Crippen molar-refractivity contribution in [3.8, 4) is 0 Å². The molecule has 1 aromatic rings. The normalized spacial score (nSPS) is 50.6. The van der Waals surface area contributed by atoms with Gasteiger partial charge in [-0.25, -0.2) is 0 Å². The number of esters is 3. The summed E-state index contributed by atoms with van der Waals surface area (Å²) < 4.78 is 35.9. The second-order valence-corrected chi connectivity index (χ2v) is 15.7. The molecule has 0 radical (unpaired) electrons. The zero-order valence-corrected chi connectivity index (χ0v) is 28.3. The van der Waals surface area contributed by atoms with Gasteiger partial charge in [0.05, 0.1) is 42.7 Å². The van der Waals surface area contributed by atoms with Gasteiger partial charge in [-0.3, -0.25) is 19.2 Å². The van der Waals surface area contributed by atoms with E-state index >= 15 is 4.79 Å². The number of aliphatic hydroxyl groups excluding tert-OH is 3. The molecule has 16 atom stereocenters. The summed E-state index contributed by atoms with van der Waals surface area (Å²) in [5.41, 5.74) is -6.04. The van der Waals surface area contributed by atoms with Gasteiger partial charge >= 0.3 is 17.9 Å². The van der Waals surface area contributed by atoms with Gasteiger partial charge in [-0.15, -0.1) is 0 Å². The van der Waals surface area contributed by atoms with Crippen LogP contribution in [0.15, 0.2) is 23.0 Å². The first-order chi connectivity index (χ1) is 22.5. The zero-order valence-electron chi connectivity index (χ0n) is 28.3. The fourth-order valence-electron chi connectivity index (χ4n) is 11.6. The van der Waals surface area contributed by atoms with Crippen molar-refractivity contribution < 1.29 is 62.6 Å².